The Hall–Kier alpha value is -2.97. The number of rotatable bonds is 5. The van der Waals surface area contributed by atoms with E-state index >= 15 is 0 Å². The smallest absolute Gasteiger partial charge is 0.293 e. The molecule has 4 rings (SSSR count). The number of aromatic amines is 1. The standard InChI is InChI=1S/C20H19ClN4O4/c21-14-3-1-13(2-4-14)20(5-7-29-8-6-20)11-22-17-10-16-15(9-18(17)25(27)28)19(26)24-12-23-16/h1-4,9-10,12,22H,5-8,11H2,(H,23,24,26). The molecule has 0 radical (unpaired) electrons. The van der Waals surface area contributed by atoms with Crippen LogP contribution in [0.15, 0.2) is 47.5 Å². The number of nitro groups is 1. The van der Waals surface area contributed by atoms with E-state index in [0.29, 0.717) is 36.0 Å². The minimum Gasteiger partial charge on any atom is -0.381 e. The van der Waals surface area contributed by atoms with Gasteiger partial charge in [0, 0.05) is 36.3 Å². The van der Waals surface area contributed by atoms with Gasteiger partial charge in [-0.1, -0.05) is 23.7 Å². The molecule has 0 spiro atoms. The Morgan fingerprint density at radius 1 is 1.24 bits per heavy atom. The van der Waals surface area contributed by atoms with E-state index in [2.05, 4.69) is 15.3 Å². The molecule has 1 aromatic heterocycles. The van der Waals surface area contributed by atoms with E-state index in [4.69, 9.17) is 16.3 Å². The number of H-pyrrole nitrogens is 1. The van der Waals surface area contributed by atoms with Crippen LogP contribution in [0.1, 0.15) is 18.4 Å². The van der Waals surface area contributed by atoms with E-state index in [1.54, 1.807) is 6.07 Å². The summed E-state index contributed by atoms with van der Waals surface area (Å²) < 4.78 is 5.54. The molecule has 0 bridgehead atoms. The third-order valence-corrected chi connectivity index (χ3v) is 5.73. The summed E-state index contributed by atoms with van der Waals surface area (Å²) in [5.74, 6) is 0. The Bertz CT molecular complexity index is 1110. The van der Waals surface area contributed by atoms with E-state index in [0.717, 1.165) is 18.4 Å². The van der Waals surface area contributed by atoms with E-state index in [-0.39, 0.29) is 16.5 Å². The van der Waals surface area contributed by atoms with E-state index in [1.807, 2.05) is 24.3 Å². The van der Waals surface area contributed by atoms with Crippen molar-refractivity contribution in [2.75, 3.05) is 25.1 Å². The van der Waals surface area contributed by atoms with Gasteiger partial charge in [-0.2, -0.15) is 0 Å². The molecular weight excluding hydrogens is 396 g/mol. The lowest BCUT2D eigenvalue weighted by atomic mass is 9.74. The maximum absolute atomic E-state index is 12.0. The zero-order valence-electron chi connectivity index (χ0n) is 15.5. The lowest BCUT2D eigenvalue weighted by Gasteiger charge is -2.38. The number of ether oxygens (including phenoxy) is 1. The second kappa shape index (κ2) is 7.81. The molecule has 0 aliphatic carbocycles. The number of nitrogens with one attached hydrogen (secondary N) is 2. The molecule has 1 aliphatic heterocycles. The van der Waals surface area contributed by atoms with Crippen LogP contribution in [0.4, 0.5) is 11.4 Å². The molecule has 150 valence electrons. The van der Waals surface area contributed by atoms with Crippen molar-refractivity contribution in [2.45, 2.75) is 18.3 Å². The first kappa shape index (κ1) is 19.4. The van der Waals surface area contributed by atoms with Crippen molar-refractivity contribution in [3.05, 3.63) is 73.8 Å². The van der Waals surface area contributed by atoms with Crippen LogP contribution in [0.3, 0.4) is 0 Å². The predicted octanol–water partition coefficient (Wildman–Crippen LogP) is 3.65. The third kappa shape index (κ3) is 3.81. The number of hydrogen-bond acceptors (Lipinski definition) is 6. The van der Waals surface area contributed by atoms with Crippen molar-refractivity contribution in [1.29, 1.82) is 0 Å². The quantitative estimate of drug-likeness (QED) is 0.487. The van der Waals surface area contributed by atoms with Crippen LogP contribution in [0.25, 0.3) is 10.9 Å². The molecular formula is C20H19ClN4O4. The summed E-state index contributed by atoms with van der Waals surface area (Å²) in [5.41, 5.74) is 1.03. The van der Waals surface area contributed by atoms with Gasteiger partial charge >= 0.3 is 0 Å². The molecule has 1 aliphatic rings. The maximum Gasteiger partial charge on any atom is 0.293 e. The van der Waals surface area contributed by atoms with Gasteiger partial charge in [0.15, 0.2) is 0 Å². The fraction of sp³-hybridized carbons (Fsp3) is 0.300. The number of hydrogen-bond donors (Lipinski definition) is 2. The van der Waals surface area contributed by atoms with Gasteiger partial charge in [0.2, 0.25) is 0 Å². The molecule has 0 unspecified atom stereocenters. The van der Waals surface area contributed by atoms with Crippen LogP contribution >= 0.6 is 11.6 Å². The molecule has 2 aromatic carbocycles. The zero-order chi connectivity index (χ0) is 20.4. The van der Waals surface area contributed by atoms with Crippen LogP contribution < -0.4 is 10.9 Å². The summed E-state index contributed by atoms with van der Waals surface area (Å²) in [6, 6.07) is 10.5. The summed E-state index contributed by atoms with van der Waals surface area (Å²) in [4.78, 5) is 29.7. The van der Waals surface area contributed by atoms with E-state index in [9.17, 15) is 14.9 Å². The van der Waals surface area contributed by atoms with Gasteiger partial charge in [0.1, 0.15) is 5.69 Å². The number of benzene rings is 2. The molecule has 1 saturated heterocycles. The summed E-state index contributed by atoms with van der Waals surface area (Å²) in [7, 11) is 0. The number of nitrogens with zero attached hydrogens (tertiary/aromatic N) is 2. The van der Waals surface area contributed by atoms with Crippen molar-refractivity contribution < 1.29 is 9.66 Å². The Kier molecular flexibility index (Phi) is 5.21. The number of nitro benzene ring substituents is 1. The highest BCUT2D eigenvalue weighted by atomic mass is 35.5. The monoisotopic (exact) mass is 414 g/mol. The summed E-state index contributed by atoms with van der Waals surface area (Å²) >= 11 is 6.04. The molecule has 1 fully saturated rings. The molecule has 9 heteroatoms. The first-order valence-electron chi connectivity index (χ1n) is 9.22. The van der Waals surface area contributed by atoms with Gasteiger partial charge in [-0.05, 0) is 36.6 Å². The average Bonchev–Trinajstić information content (AvgIpc) is 2.73. The third-order valence-electron chi connectivity index (χ3n) is 5.48. The lowest BCUT2D eigenvalue weighted by Crippen LogP contribution is -2.40. The Morgan fingerprint density at radius 2 is 1.97 bits per heavy atom. The number of fused-ring (bicyclic) bond motifs is 1. The fourth-order valence-electron chi connectivity index (χ4n) is 3.79. The van der Waals surface area contributed by atoms with Crippen LogP contribution in [0.2, 0.25) is 5.02 Å². The lowest BCUT2D eigenvalue weighted by molar-refractivity contribution is -0.383. The average molecular weight is 415 g/mol. The molecule has 29 heavy (non-hydrogen) atoms. The predicted molar refractivity (Wildman–Crippen MR) is 111 cm³/mol. The van der Waals surface area contributed by atoms with E-state index in [1.165, 1.54) is 12.4 Å². The molecule has 0 saturated carbocycles. The number of aromatic nitrogens is 2. The summed E-state index contributed by atoms with van der Waals surface area (Å²) in [6.07, 6.45) is 2.84. The molecule has 2 N–H and O–H groups in total. The minimum absolute atomic E-state index is 0.158. The SMILES string of the molecule is O=c1[nH]cnc2cc(NCC3(c4ccc(Cl)cc4)CCOCC3)c([N+](=O)[O-])cc12. The summed E-state index contributed by atoms with van der Waals surface area (Å²) in [5, 5.41) is 15.7. The Morgan fingerprint density at radius 3 is 2.66 bits per heavy atom. The molecule has 8 nitrogen and oxygen atoms in total. The van der Waals surface area contributed by atoms with Crippen LogP contribution in [0.5, 0.6) is 0 Å². The van der Waals surface area contributed by atoms with Crippen molar-refractivity contribution in [2.24, 2.45) is 0 Å². The van der Waals surface area contributed by atoms with Gasteiger partial charge in [0.05, 0.1) is 22.2 Å². The second-order valence-corrected chi connectivity index (χ2v) is 7.56. The van der Waals surface area contributed by atoms with Gasteiger partial charge in [-0.3, -0.25) is 14.9 Å². The minimum atomic E-state index is -0.493. The molecule has 0 amide bonds. The van der Waals surface area contributed by atoms with Crippen LogP contribution in [-0.2, 0) is 10.2 Å². The topological polar surface area (TPSA) is 110 Å². The number of halogens is 1. The van der Waals surface area contributed by atoms with Crippen molar-refractivity contribution >= 4 is 33.9 Å². The molecule has 3 aromatic rings. The molecule has 2 heterocycles. The highest BCUT2D eigenvalue weighted by molar-refractivity contribution is 6.30. The van der Waals surface area contributed by atoms with Crippen molar-refractivity contribution in [3.8, 4) is 0 Å². The van der Waals surface area contributed by atoms with Gasteiger partial charge in [-0.15, -0.1) is 0 Å². The number of anilines is 1. The van der Waals surface area contributed by atoms with Gasteiger partial charge in [0.25, 0.3) is 11.2 Å². The van der Waals surface area contributed by atoms with Crippen molar-refractivity contribution in [3.63, 3.8) is 0 Å². The van der Waals surface area contributed by atoms with Gasteiger partial charge < -0.3 is 15.0 Å². The largest absolute Gasteiger partial charge is 0.381 e. The molecule has 0 atom stereocenters. The van der Waals surface area contributed by atoms with Crippen molar-refractivity contribution in [1.82, 2.24) is 9.97 Å². The Labute approximate surface area is 171 Å². The zero-order valence-corrected chi connectivity index (χ0v) is 16.2. The second-order valence-electron chi connectivity index (χ2n) is 7.13. The normalized spacial score (nSPS) is 15.9. The fourth-order valence-corrected chi connectivity index (χ4v) is 3.92. The highest BCUT2D eigenvalue weighted by Crippen LogP contribution is 2.37. The van der Waals surface area contributed by atoms with Gasteiger partial charge in [-0.25, -0.2) is 4.98 Å². The van der Waals surface area contributed by atoms with E-state index < -0.39 is 10.5 Å². The maximum atomic E-state index is 12.0. The summed E-state index contributed by atoms with van der Waals surface area (Å²) in [6.45, 7) is 1.70. The van der Waals surface area contributed by atoms with Crippen LogP contribution in [-0.4, -0.2) is 34.6 Å². The first-order valence-corrected chi connectivity index (χ1v) is 9.60. The first-order chi connectivity index (χ1) is 14.0. The van der Waals surface area contributed by atoms with Crippen LogP contribution in [0, 0.1) is 10.1 Å². The highest BCUT2D eigenvalue weighted by Gasteiger charge is 2.35. The Balaban J connectivity index is 1.71.